The maximum absolute atomic E-state index is 14.5. The van der Waals surface area contributed by atoms with E-state index < -0.39 is 17.5 Å². The molecular weight excluding hydrogens is 548 g/mol. The first-order chi connectivity index (χ1) is 21.6. The number of carbonyl (C=O) groups excluding carboxylic acids is 3. The molecule has 3 aliphatic rings. The fourth-order valence-corrected chi connectivity index (χ4v) is 7.58. The van der Waals surface area contributed by atoms with E-state index in [2.05, 4.69) is 47.0 Å². The molecular formula is C37H44N4O3. The minimum atomic E-state index is -0.721. The van der Waals surface area contributed by atoms with E-state index in [1.165, 1.54) is 0 Å². The van der Waals surface area contributed by atoms with Gasteiger partial charge < -0.3 is 20.4 Å². The molecule has 0 aromatic heterocycles. The summed E-state index contributed by atoms with van der Waals surface area (Å²) in [5.74, 6) is 0.244. The third kappa shape index (κ3) is 6.16. The molecule has 3 saturated heterocycles. The molecule has 0 bridgehead atoms. The number of hydrogen-bond donors (Lipinski definition) is 2. The Morgan fingerprint density at radius 3 is 1.80 bits per heavy atom. The van der Waals surface area contributed by atoms with Gasteiger partial charge in [-0.3, -0.25) is 14.4 Å². The summed E-state index contributed by atoms with van der Waals surface area (Å²) in [4.78, 5) is 45.4. The summed E-state index contributed by atoms with van der Waals surface area (Å²) >= 11 is 0. The first-order valence-corrected chi connectivity index (χ1v) is 16.3. The van der Waals surface area contributed by atoms with Gasteiger partial charge in [-0.05, 0) is 74.2 Å². The summed E-state index contributed by atoms with van der Waals surface area (Å²) in [6, 6.07) is 29.7. The average Bonchev–Trinajstić information content (AvgIpc) is 3.79. The molecule has 230 valence electrons. The largest absolute Gasteiger partial charge is 0.354 e. The summed E-state index contributed by atoms with van der Waals surface area (Å²) < 4.78 is 0. The predicted molar refractivity (Wildman–Crippen MR) is 172 cm³/mol. The van der Waals surface area contributed by atoms with E-state index in [1.54, 1.807) is 9.80 Å². The van der Waals surface area contributed by atoms with Gasteiger partial charge in [-0.1, -0.05) is 91.0 Å². The molecule has 2 N–H and O–H groups in total. The van der Waals surface area contributed by atoms with E-state index in [-0.39, 0.29) is 24.1 Å². The van der Waals surface area contributed by atoms with Crippen LogP contribution < -0.4 is 10.6 Å². The Balaban J connectivity index is 1.24. The molecule has 7 nitrogen and oxygen atoms in total. The highest BCUT2D eigenvalue weighted by Gasteiger charge is 2.45. The molecule has 0 spiro atoms. The number of carbonyl (C=O) groups is 3. The quantitative estimate of drug-likeness (QED) is 0.359. The van der Waals surface area contributed by atoms with Crippen LogP contribution in [0.25, 0.3) is 0 Å². The van der Waals surface area contributed by atoms with Crippen LogP contribution in [0.2, 0.25) is 0 Å². The van der Waals surface area contributed by atoms with Gasteiger partial charge in [-0.15, -0.1) is 0 Å². The highest BCUT2D eigenvalue weighted by molar-refractivity contribution is 5.93. The van der Waals surface area contributed by atoms with Gasteiger partial charge in [-0.25, -0.2) is 0 Å². The van der Waals surface area contributed by atoms with Gasteiger partial charge in [-0.2, -0.15) is 0 Å². The molecule has 3 amide bonds. The predicted octanol–water partition coefficient (Wildman–Crippen LogP) is 4.51. The van der Waals surface area contributed by atoms with E-state index in [9.17, 15) is 14.4 Å². The van der Waals surface area contributed by atoms with Gasteiger partial charge in [0.2, 0.25) is 17.7 Å². The third-order valence-electron chi connectivity index (χ3n) is 9.88. The zero-order valence-corrected chi connectivity index (χ0v) is 25.5. The molecule has 3 atom stereocenters. The Bertz CT molecular complexity index is 1310. The number of hydrogen-bond acceptors (Lipinski definition) is 4. The van der Waals surface area contributed by atoms with Crippen molar-refractivity contribution in [2.75, 3.05) is 32.7 Å². The molecule has 3 aromatic rings. The molecule has 3 fully saturated rings. The number of amides is 3. The van der Waals surface area contributed by atoms with Crippen LogP contribution in [-0.2, 0) is 19.8 Å². The Morgan fingerprint density at radius 2 is 1.25 bits per heavy atom. The third-order valence-corrected chi connectivity index (χ3v) is 9.88. The minimum Gasteiger partial charge on any atom is -0.354 e. The van der Waals surface area contributed by atoms with Gasteiger partial charge in [0.05, 0.1) is 5.41 Å². The number of rotatable bonds is 9. The van der Waals surface area contributed by atoms with Gasteiger partial charge in [0, 0.05) is 26.1 Å². The van der Waals surface area contributed by atoms with Gasteiger partial charge in [0.1, 0.15) is 12.1 Å². The summed E-state index contributed by atoms with van der Waals surface area (Å²) in [6.07, 6.45) is 5.30. The average molecular weight is 593 g/mol. The molecule has 3 heterocycles. The number of piperidine rings is 1. The summed E-state index contributed by atoms with van der Waals surface area (Å²) in [5.41, 5.74) is 2.40. The monoisotopic (exact) mass is 592 g/mol. The van der Waals surface area contributed by atoms with Crippen LogP contribution in [0.3, 0.4) is 0 Å². The van der Waals surface area contributed by atoms with Crippen molar-refractivity contribution in [2.24, 2.45) is 5.92 Å². The van der Waals surface area contributed by atoms with Crippen molar-refractivity contribution in [3.63, 3.8) is 0 Å². The van der Waals surface area contributed by atoms with Crippen molar-refractivity contribution >= 4 is 17.7 Å². The van der Waals surface area contributed by atoms with Crippen molar-refractivity contribution in [1.29, 1.82) is 0 Å². The lowest BCUT2D eigenvalue weighted by Gasteiger charge is -2.38. The number of likely N-dealkylation sites (tertiary alicyclic amines) is 2. The molecule has 6 rings (SSSR count). The van der Waals surface area contributed by atoms with Crippen LogP contribution in [0.5, 0.6) is 0 Å². The standard InChI is InChI=1S/C37H44N4O3/c42-34(25-37(29-14-4-1-5-15-29,30-16-6-2-7-17-30)31-18-8-3-9-19-31)40-23-12-21-33(40)36(44)41-24-11-20-32(41)35(43)39-27-28-13-10-22-38-26-28/h1-9,14-19,28,32-33,38H,10-13,20-27H2,(H,39,43)/t28-,32?,33-/m0/s1. The first kappa shape index (κ1) is 30.1. The van der Waals surface area contributed by atoms with Crippen LogP contribution in [0.1, 0.15) is 61.6 Å². The summed E-state index contributed by atoms with van der Waals surface area (Å²) in [7, 11) is 0. The molecule has 7 heteroatoms. The lowest BCUT2D eigenvalue weighted by molar-refractivity contribution is -0.146. The van der Waals surface area contributed by atoms with Gasteiger partial charge in [0.25, 0.3) is 0 Å². The second kappa shape index (κ2) is 13.8. The number of nitrogens with one attached hydrogen (secondary N) is 2. The summed E-state index contributed by atoms with van der Waals surface area (Å²) in [5, 5.41) is 6.54. The van der Waals surface area contributed by atoms with Crippen LogP contribution >= 0.6 is 0 Å². The number of nitrogens with zero attached hydrogens (tertiary/aromatic N) is 2. The Kier molecular flexibility index (Phi) is 9.41. The molecule has 3 aromatic carbocycles. The lowest BCUT2D eigenvalue weighted by atomic mass is 9.67. The SMILES string of the molecule is O=C(NC[C@H]1CCCNC1)C1CCCN1C(=O)[C@@H]1CCCN1C(=O)CC(c1ccccc1)(c1ccccc1)c1ccccc1. The normalized spacial score (nSPS) is 22.1. The van der Waals surface area contributed by atoms with E-state index in [1.807, 2.05) is 54.6 Å². The minimum absolute atomic E-state index is 0.0394. The van der Waals surface area contributed by atoms with E-state index in [4.69, 9.17) is 0 Å². The first-order valence-electron chi connectivity index (χ1n) is 16.3. The van der Waals surface area contributed by atoms with E-state index in [0.29, 0.717) is 38.4 Å². The van der Waals surface area contributed by atoms with Crippen LogP contribution in [0.15, 0.2) is 91.0 Å². The maximum atomic E-state index is 14.5. The fourth-order valence-electron chi connectivity index (χ4n) is 7.58. The Labute approximate surface area is 261 Å². The van der Waals surface area contributed by atoms with Crippen molar-refractivity contribution in [3.05, 3.63) is 108 Å². The van der Waals surface area contributed by atoms with Crippen molar-refractivity contribution in [2.45, 2.75) is 62.4 Å². The topological polar surface area (TPSA) is 81.8 Å². The number of benzene rings is 3. The van der Waals surface area contributed by atoms with Gasteiger partial charge in [0.15, 0.2) is 0 Å². The highest BCUT2D eigenvalue weighted by Crippen LogP contribution is 2.43. The Morgan fingerprint density at radius 1 is 0.705 bits per heavy atom. The highest BCUT2D eigenvalue weighted by atomic mass is 16.2. The molecule has 3 aliphatic heterocycles. The van der Waals surface area contributed by atoms with Crippen molar-refractivity contribution in [3.8, 4) is 0 Å². The molecule has 0 aliphatic carbocycles. The second-order valence-corrected chi connectivity index (χ2v) is 12.6. The molecule has 1 unspecified atom stereocenters. The zero-order valence-electron chi connectivity index (χ0n) is 25.5. The second-order valence-electron chi connectivity index (χ2n) is 12.6. The van der Waals surface area contributed by atoms with Crippen LogP contribution in [-0.4, -0.2) is 72.3 Å². The summed E-state index contributed by atoms with van der Waals surface area (Å²) in [6.45, 7) is 3.70. The van der Waals surface area contributed by atoms with Crippen LogP contribution in [0.4, 0.5) is 0 Å². The van der Waals surface area contributed by atoms with Gasteiger partial charge >= 0.3 is 0 Å². The smallest absolute Gasteiger partial charge is 0.246 e. The molecule has 44 heavy (non-hydrogen) atoms. The van der Waals surface area contributed by atoms with E-state index in [0.717, 1.165) is 55.5 Å². The Hall–Kier alpha value is -3.97. The van der Waals surface area contributed by atoms with Crippen LogP contribution in [0, 0.1) is 5.92 Å². The molecule has 0 radical (unpaired) electrons. The fraction of sp³-hybridized carbons (Fsp3) is 0.432. The lowest BCUT2D eigenvalue weighted by Crippen LogP contribution is -2.54. The molecule has 0 saturated carbocycles. The van der Waals surface area contributed by atoms with Crippen molar-refractivity contribution < 1.29 is 14.4 Å². The van der Waals surface area contributed by atoms with Crippen molar-refractivity contribution in [1.82, 2.24) is 20.4 Å². The maximum Gasteiger partial charge on any atom is 0.246 e. The van der Waals surface area contributed by atoms with E-state index >= 15 is 0 Å². The zero-order chi connectivity index (χ0) is 30.4.